The maximum atomic E-state index is 13.7. The molecule has 188 valence electrons. The smallest absolute Gasteiger partial charge is 0.139 e. The summed E-state index contributed by atoms with van der Waals surface area (Å²) in [5, 5.41) is 22.9. The minimum atomic E-state index is -0.415. The van der Waals surface area contributed by atoms with E-state index in [2.05, 4.69) is 55.4 Å². The van der Waals surface area contributed by atoms with Gasteiger partial charge in [-0.2, -0.15) is 0 Å². The molecule has 5 saturated carbocycles. The average molecular weight is 459 g/mol. The lowest BCUT2D eigenvalue weighted by atomic mass is 9.30. The van der Waals surface area contributed by atoms with E-state index in [0.717, 1.165) is 51.4 Å². The summed E-state index contributed by atoms with van der Waals surface area (Å²) in [6, 6.07) is 0. The molecule has 0 heterocycles. The number of Topliss-reactive ketones (excluding diaryl/α,β-unsaturated/α-hetero) is 1. The van der Waals surface area contributed by atoms with Crippen LogP contribution in [0, 0.1) is 56.2 Å². The summed E-state index contributed by atoms with van der Waals surface area (Å²) < 4.78 is 0. The van der Waals surface area contributed by atoms with E-state index in [0.29, 0.717) is 30.0 Å². The number of carbonyl (C=O) groups is 1. The van der Waals surface area contributed by atoms with Crippen molar-refractivity contribution < 1.29 is 15.0 Å². The first-order chi connectivity index (χ1) is 15.1. The van der Waals surface area contributed by atoms with Gasteiger partial charge in [-0.05, 0) is 96.2 Å². The molecule has 0 aromatic carbocycles. The van der Waals surface area contributed by atoms with E-state index in [1.54, 1.807) is 0 Å². The molecule has 5 aliphatic rings. The molecule has 2 N–H and O–H groups in total. The zero-order valence-corrected chi connectivity index (χ0v) is 22.6. The molecule has 5 aliphatic carbocycles. The predicted octanol–water partition coefficient (Wildman–Crippen LogP) is 6.40. The highest BCUT2D eigenvalue weighted by atomic mass is 16.3. The van der Waals surface area contributed by atoms with Crippen molar-refractivity contribution in [3.05, 3.63) is 0 Å². The van der Waals surface area contributed by atoms with Crippen LogP contribution >= 0.6 is 0 Å². The molecule has 0 spiro atoms. The number of aliphatic hydroxyl groups excluding tert-OH is 2. The molecule has 5 fully saturated rings. The van der Waals surface area contributed by atoms with E-state index >= 15 is 0 Å². The highest BCUT2D eigenvalue weighted by molar-refractivity contribution is 5.86. The Morgan fingerprint density at radius 1 is 0.727 bits per heavy atom. The molecule has 0 amide bonds. The van der Waals surface area contributed by atoms with Gasteiger partial charge in [0.15, 0.2) is 0 Å². The van der Waals surface area contributed by atoms with Crippen LogP contribution in [-0.4, -0.2) is 28.2 Å². The second-order valence-electron chi connectivity index (χ2n) is 15.4. The van der Waals surface area contributed by atoms with Crippen molar-refractivity contribution >= 4 is 5.78 Å². The Balaban J connectivity index is 1.61. The van der Waals surface area contributed by atoms with E-state index in [1.807, 2.05) is 0 Å². The second-order valence-corrected chi connectivity index (χ2v) is 15.4. The van der Waals surface area contributed by atoms with E-state index < -0.39 is 11.5 Å². The summed E-state index contributed by atoms with van der Waals surface area (Å²) in [6.07, 6.45) is 8.33. The molecule has 0 saturated heterocycles. The molecule has 0 aromatic rings. The molecule has 0 aliphatic heterocycles. The molecule has 3 heteroatoms. The maximum Gasteiger partial charge on any atom is 0.139 e. The third kappa shape index (κ3) is 2.73. The monoisotopic (exact) mass is 458 g/mol. The molecule has 0 bridgehead atoms. The van der Waals surface area contributed by atoms with Crippen LogP contribution in [0.4, 0.5) is 0 Å². The van der Waals surface area contributed by atoms with Crippen molar-refractivity contribution in [3.8, 4) is 0 Å². The largest absolute Gasteiger partial charge is 0.393 e. The number of aliphatic hydroxyl groups is 2. The lowest BCUT2D eigenvalue weighted by Gasteiger charge is -2.75. The highest BCUT2D eigenvalue weighted by Crippen LogP contribution is 2.77. The second kappa shape index (κ2) is 6.87. The minimum absolute atomic E-state index is 0.0299. The zero-order chi connectivity index (χ0) is 24.4. The molecule has 0 radical (unpaired) electrons. The average Bonchev–Trinajstić information content (AvgIpc) is 2.70. The first kappa shape index (κ1) is 24.3. The Morgan fingerprint density at radius 3 is 2.00 bits per heavy atom. The summed E-state index contributed by atoms with van der Waals surface area (Å²) in [5.41, 5.74) is -0.104. The van der Waals surface area contributed by atoms with Gasteiger partial charge in [-0.15, -0.1) is 0 Å². The zero-order valence-electron chi connectivity index (χ0n) is 22.6. The number of ketones is 1. The predicted molar refractivity (Wildman–Crippen MR) is 133 cm³/mol. The topological polar surface area (TPSA) is 57.5 Å². The third-order valence-corrected chi connectivity index (χ3v) is 13.7. The normalized spacial score (nSPS) is 57.3. The maximum absolute atomic E-state index is 13.7. The van der Waals surface area contributed by atoms with Gasteiger partial charge in [-0.25, -0.2) is 0 Å². The number of fused-ring (bicyclic) bond motifs is 7. The van der Waals surface area contributed by atoms with Crippen molar-refractivity contribution in [1.82, 2.24) is 0 Å². The van der Waals surface area contributed by atoms with Gasteiger partial charge in [0.2, 0.25) is 0 Å². The van der Waals surface area contributed by atoms with Gasteiger partial charge >= 0.3 is 0 Å². The summed E-state index contributed by atoms with van der Waals surface area (Å²) in [4.78, 5) is 13.7. The van der Waals surface area contributed by atoms with E-state index in [4.69, 9.17) is 0 Å². The number of hydrogen-bond acceptors (Lipinski definition) is 3. The molecular formula is C30H50O3. The Hall–Kier alpha value is -0.410. The Morgan fingerprint density at radius 2 is 1.33 bits per heavy atom. The summed E-state index contributed by atoms with van der Waals surface area (Å²) in [6.45, 7) is 19.0. The van der Waals surface area contributed by atoms with Crippen molar-refractivity contribution in [2.45, 2.75) is 125 Å². The van der Waals surface area contributed by atoms with Crippen LogP contribution in [0.15, 0.2) is 0 Å². The van der Waals surface area contributed by atoms with Gasteiger partial charge in [0, 0.05) is 17.8 Å². The highest BCUT2D eigenvalue weighted by Gasteiger charge is 2.74. The van der Waals surface area contributed by atoms with Crippen molar-refractivity contribution in [3.63, 3.8) is 0 Å². The van der Waals surface area contributed by atoms with Crippen LogP contribution in [-0.2, 0) is 4.79 Å². The SMILES string of the molecule is CC1(C)CCC(=O)[C@@]2(C)C1CC[C@]1(C)C2[C@@H](O)C[C@@H]2[C@@]3(C)CCC(O)C(C)(C)[C@@H]3CC[C@]21C. The summed E-state index contributed by atoms with van der Waals surface area (Å²) >= 11 is 0. The Labute approximate surface area is 202 Å². The Bertz CT molecular complexity index is 845. The standard InChI is InChI=1S/C30H50O3/c1-25(2)13-11-23(33)30(8)19(25)9-16-29(7)24(30)18(31)17-21-27(5)14-12-22(32)26(3,4)20(27)10-15-28(21,29)6/h18-22,24,31-32H,9-17H2,1-8H3/t18-,19?,20-,21+,22?,24?,27-,28+,29+,30+/m0/s1. The molecule has 5 rings (SSSR count). The van der Waals surface area contributed by atoms with Crippen molar-refractivity contribution in [2.24, 2.45) is 56.2 Å². The number of carbonyl (C=O) groups excluding carboxylic acids is 1. The Kier molecular flexibility index (Phi) is 5.06. The van der Waals surface area contributed by atoms with Gasteiger partial charge < -0.3 is 10.2 Å². The quantitative estimate of drug-likeness (QED) is 0.442. The number of rotatable bonds is 0. The molecule has 0 aromatic heterocycles. The van der Waals surface area contributed by atoms with Gasteiger partial charge in [-0.1, -0.05) is 55.4 Å². The van der Waals surface area contributed by atoms with Crippen molar-refractivity contribution in [1.29, 1.82) is 0 Å². The first-order valence-corrected chi connectivity index (χ1v) is 14.0. The van der Waals surface area contributed by atoms with Crippen LogP contribution in [0.3, 0.4) is 0 Å². The van der Waals surface area contributed by atoms with Crippen molar-refractivity contribution in [2.75, 3.05) is 0 Å². The fourth-order valence-electron chi connectivity index (χ4n) is 11.8. The van der Waals surface area contributed by atoms with Crippen LogP contribution < -0.4 is 0 Å². The molecule has 10 atom stereocenters. The van der Waals surface area contributed by atoms with Crippen LogP contribution in [0.5, 0.6) is 0 Å². The fourth-order valence-corrected chi connectivity index (χ4v) is 11.8. The number of hydrogen-bond donors (Lipinski definition) is 2. The fraction of sp³-hybridized carbons (Fsp3) is 0.967. The molecule has 3 nitrogen and oxygen atoms in total. The molecular weight excluding hydrogens is 408 g/mol. The summed E-state index contributed by atoms with van der Waals surface area (Å²) in [7, 11) is 0. The first-order valence-electron chi connectivity index (χ1n) is 14.0. The molecule has 3 unspecified atom stereocenters. The lowest BCUT2D eigenvalue weighted by molar-refractivity contribution is -0.282. The van der Waals surface area contributed by atoms with Crippen LogP contribution in [0.1, 0.15) is 113 Å². The summed E-state index contributed by atoms with van der Waals surface area (Å²) in [5.74, 6) is 1.78. The van der Waals surface area contributed by atoms with Gasteiger partial charge in [0.05, 0.1) is 12.2 Å². The van der Waals surface area contributed by atoms with E-state index in [9.17, 15) is 15.0 Å². The van der Waals surface area contributed by atoms with Gasteiger partial charge in [0.1, 0.15) is 5.78 Å². The van der Waals surface area contributed by atoms with Gasteiger partial charge in [-0.3, -0.25) is 4.79 Å². The van der Waals surface area contributed by atoms with Crippen LogP contribution in [0.25, 0.3) is 0 Å². The van der Waals surface area contributed by atoms with Crippen LogP contribution in [0.2, 0.25) is 0 Å². The lowest BCUT2D eigenvalue weighted by Crippen LogP contribution is -2.72. The minimum Gasteiger partial charge on any atom is -0.393 e. The van der Waals surface area contributed by atoms with E-state index in [-0.39, 0.29) is 39.1 Å². The van der Waals surface area contributed by atoms with E-state index in [1.165, 1.54) is 0 Å². The third-order valence-electron chi connectivity index (χ3n) is 13.7. The van der Waals surface area contributed by atoms with Gasteiger partial charge in [0.25, 0.3) is 0 Å². The molecule has 33 heavy (non-hydrogen) atoms.